The third-order valence-corrected chi connectivity index (χ3v) is 10.9. The first-order valence-electron chi connectivity index (χ1n) is 11.5. The highest BCUT2D eigenvalue weighted by molar-refractivity contribution is 6.74. The van der Waals surface area contributed by atoms with Crippen molar-refractivity contribution in [3.05, 3.63) is 35.9 Å². The summed E-state index contributed by atoms with van der Waals surface area (Å²) in [6.45, 7) is 16.4. The molecule has 0 bridgehead atoms. The van der Waals surface area contributed by atoms with E-state index in [2.05, 4.69) is 33.9 Å². The van der Waals surface area contributed by atoms with Gasteiger partial charge in [-0.15, -0.1) is 0 Å². The number of hydrogen-bond donors (Lipinski definition) is 0. The van der Waals surface area contributed by atoms with Crippen molar-refractivity contribution >= 4 is 14.6 Å². The van der Waals surface area contributed by atoms with E-state index in [1.165, 1.54) is 0 Å². The van der Waals surface area contributed by atoms with Gasteiger partial charge in [0, 0.05) is 25.9 Å². The number of aldehydes is 1. The molecule has 31 heavy (non-hydrogen) atoms. The van der Waals surface area contributed by atoms with Crippen LogP contribution in [0.2, 0.25) is 18.1 Å². The van der Waals surface area contributed by atoms with Crippen LogP contribution in [0.3, 0.4) is 0 Å². The summed E-state index contributed by atoms with van der Waals surface area (Å²) in [5.41, 5.74) is 1.10. The molecule has 0 spiro atoms. The normalized spacial score (nSPS) is 22.8. The summed E-state index contributed by atoms with van der Waals surface area (Å²) in [7, 11) is -1.77. The molecule has 0 N–H and O–H groups in total. The zero-order chi connectivity index (χ0) is 23.1. The largest absolute Gasteiger partial charge is 0.417 e. The Labute approximate surface area is 189 Å². The molecule has 1 saturated heterocycles. The number of carbonyl (C=O) groups excluding carboxylic acids is 1. The zero-order valence-corrected chi connectivity index (χ0v) is 21.5. The molecule has 1 aliphatic rings. The van der Waals surface area contributed by atoms with Crippen molar-refractivity contribution in [1.82, 2.24) is 0 Å². The van der Waals surface area contributed by atoms with Crippen molar-refractivity contribution in [2.24, 2.45) is 0 Å². The summed E-state index contributed by atoms with van der Waals surface area (Å²) in [5.74, 6) is -0.657. The Kier molecular flexibility index (Phi) is 9.46. The molecule has 3 atom stereocenters. The second kappa shape index (κ2) is 11.2. The van der Waals surface area contributed by atoms with Crippen LogP contribution in [-0.2, 0) is 30.0 Å². The molecule has 5 nitrogen and oxygen atoms in total. The van der Waals surface area contributed by atoms with E-state index in [-0.39, 0.29) is 23.4 Å². The third kappa shape index (κ3) is 8.77. The van der Waals surface area contributed by atoms with Crippen LogP contribution < -0.4 is 0 Å². The van der Waals surface area contributed by atoms with Crippen molar-refractivity contribution in [3.63, 3.8) is 0 Å². The fourth-order valence-electron chi connectivity index (χ4n) is 3.62. The zero-order valence-electron chi connectivity index (χ0n) is 20.5. The number of ether oxygens (including phenoxy) is 3. The van der Waals surface area contributed by atoms with E-state index in [4.69, 9.17) is 18.6 Å². The fourth-order valence-corrected chi connectivity index (χ4v) is 4.69. The Morgan fingerprint density at radius 3 is 2.42 bits per heavy atom. The van der Waals surface area contributed by atoms with Crippen molar-refractivity contribution in [2.75, 3.05) is 6.61 Å². The van der Waals surface area contributed by atoms with Gasteiger partial charge in [-0.3, -0.25) is 0 Å². The van der Waals surface area contributed by atoms with E-state index in [0.29, 0.717) is 26.1 Å². The smallest absolute Gasteiger partial charge is 0.191 e. The highest BCUT2D eigenvalue weighted by atomic mass is 28.4. The number of rotatable bonds is 11. The molecule has 0 aliphatic carbocycles. The van der Waals surface area contributed by atoms with E-state index in [1.807, 2.05) is 44.2 Å². The van der Waals surface area contributed by atoms with Crippen LogP contribution in [0, 0.1) is 0 Å². The minimum absolute atomic E-state index is 0.0117. The summed E-state index contributed by atoms with van der Waals surface area (Å²) >= 11 is 0. The third-order valence-electron chi connectivity index (χ3n) is 6.35. The van der Waals surface area contributed by atoms with Gasteiger partial charge in [0.2, 0.25) is 0 Å². The number of hydrogen-bond acceptors (Lipinski definition) is 5. The monoisotopic (exact) mass is 450 g/mol. The van der Waals surface area contributed by atoms with Crippen LogP contribution >= 0.6 is 0 Å². The van der Waals surface area contributed by atoms with Gasteiger partial charge < -0.3 is 23.4 Å². The molecule has 0 aromatic heterocycles. The highest BCUT2D eigenvalue weighted by Gasteiger charge is 2.39. The van der Waals surface area contributed by atoms with Crippen LogP contribution in [-0.4, -0.2) is 45.3 Å². The minimum Gasteiger partial charge on any atom is -0.417 e. The summed E-state index contributed by atoms with van der Waals surface area (Å²) in [6, 6.07) is 10.0. The molecule has 6 heteroatoms. The standard InChI is InChI=1S/C25H42O5Si/c1-24(2,3)31(6,7)28-16-14-22-18-23(30-25(4,5)29-22)17-21(13-15-26)27-19-20-11-9-8-10-12-20/h8-12,15,21-23H,13-14,16-19H2,1-7H3/t21-,22+,23-/m1/s1. The fraction of sp³-hybridized carbons (Fsp3) is 0.720. The molecule has 1 heterocycles. The summed E-state index contributed by atoms with van der Waals surface area (Å²) in [4.78, 5) is 11.2. The van der Waals surface area contributed by atoms with Gasteiger partial charge in [-0.2, -0.15) is 0 Å². The Morgan fingerprint density at radius 2 is 1.81 bits per heavy atom. The molecule has 2 rings (SSSR count). The first-order chi connectivity index (χ1) is 14.4. The molecule has 0 amide bonds. The SMILES string of the molecule is CC1(C)O[C@H](C[C@@H](CC=O)OCc2ccccc2)C[C@H](CCO[Si](C)(C)C(C)(C)C)O1. The van der Waals surface area contributed by atoms with Crippen molar-refractivity contribution in [2.45, 2.75) is 109 Å². The topological polar surface area (TPSA) is 54.0 Å². The molecule has 0 saturated carbocycles. The first kappa shape index (κ1) is 26.2. The first-order valence-corrected chi connectivity index (χ1v) is 14.4. The molecule has 1 aliphatic heterocycles. The predicted octanol–water partition coefficient (Wildman–Crippen LogP) is 5.87. The lowest BCUT2D eigenvalue weighted by Gasteiger charge is -2.42. The van der Waals surface area contributed by atoms with E-state index < -0.39 is 14.1 Å². The lowest BCUT2D eigenvalue weighted by Crippen LogP contribution is -2.47. The Hall–Kier alpha value is -1.05. The van der Waals surface area contributed by atoms with Gasteiger partial charge in [-0.1, -0.05) is 51.1 Å². The molecule has 1 aromatic rings. The second-order valence-electron chi connectivity index (χ2n) is 10.6. The number of carbonyl (C=O) groups is 1. The average Bonchev–Trinajstić information content (AvgIpc) is 2.65. The Morgan fingerprint density at radius 1 is 1.16 bits per heavy atom. The molecule has 176 valence electrons. The van der Waals surface area contributed by atoms with Gasteiger partial charge in [-0.25, -0.2) is 0 Å². The lowest BCUT2D eigenvalue weighted by molar-refractivity contribution is -0.304. The molecule has 1 fully saturated rings. The van der Waals surface area contributed by atoms with Crippen molar-refractivity contribution in [3.8, 4) is 0 Å². The molecule has 1 aromatic carbocycles. The second-order valence-corrected chi connectivity index (χ2v) is 15.4. The number of benzene rings is 1. The molecule has 0 unspecified atom stereocenters. The summed E-state index contributed by atoms with van der Waals surface area (Å²) in [6.07, 6.45) is 3.51. The van der Waals surface area contributed by atoms with E-state index in [1.54, 1.807) is 0 Å². The van der Waals surface area contributed by atoms with Crippen LogP contribution in [0.15, 0.2) is 30.3 Å². The van der Waals surface area contributed by atoms with Gasteiger partial charge in [0.15, 0.2) is 14.1 Å². The quantitative estimate of drug-likeness (QED) is 0.311. The van der Waals surface area contributed by atoms with Gasteiger partial charge in [0.25, 0.3) is 0 Å². The van der Waals surface area contributed by atoms with E-state index in [0.717, 1.165) is 24.7 Å². The van der Waals surface area contributed by atoms with Crippen molar-refractivity contribution in [1.29, 1.82) is 0 Å². The molecular weight excluding hydrogens is 408 g/mol. The Bertz CT molecular complexity index is 668. The maximum atomic E-state index is 11.2. The van der Waals surface area contributed by atoms with Crippen LogP contribution in [0.1, 0.15) is 65.9 Å². The maximum absolute atomic E-state index is 11.2. The Balaban J connectivity index is 1.90. The predicted molar refractivity (Wildman–Crippen MR) is 127 cm³/mol. The van der Waals surface area contributed by atoms with Crippen LogP contribution in [0.25, 0.3) is 0 Å². The minimum atomic E-state index is -1.77. The van der Waals surface area contributed by atoms with Gasteiger partial charge in [0.05, 0.1) is 24.9 Å². The van der Waals surface area contributed by atoms with Crippen molar-refractivity contribution < 1.29 is 23.4 Å². The van der Waals surface area contributed by atoms with Gasteiger partial charge in [0.1, 0.15) is 6.29 Å². The maximum Gasteiger partial charge on any atom is 0.191 e. The molecule has 0 radical (unpaired) electrons. The van der Waals surface area contributed by atoms with Gasteiger partial charge >= 0.3 is 0 Å². The van der Waals surface area contributed by atoms with E-state index in [9.17, 15) is 4.79 Å². The van der Waals surface area contributed by atoms with Crippen LogP contribution in [0.5, 0.6) is 0 Å². The summed E-state index contributed by atoms with van der Waals surface area (Å²) < 4.78 is 24.8. The average molecular weight is 451 g/mol. The van der Waals surface area contributed by atoms with E-state index >= 15 is 0 Å². The van der Waals surface area contributed by atoms with Gasteiger partial charge in [-0.05, 0) is 44.0 Å². The summed E-state index contributed by atoms with van der Waals surface area (Å²) in [5, 5.41) is 0.198. The highest BCUT2D eigenvalue weighted by Crippen LogP contribution is 2.37. The van der Waals surface area contributed by atoms with Crippen LogP contribution in [0.4, 0.5) is 0 Å². The lowest BCUT2D eigenvalue weighted by atomic mass is 9.99. The molecular formula is C25H42O5Si.